The average molecular weight is 188 g/mol. The summed E-state index contributed by atoms with van der Waals surface area (Å²) in [5.74, 6) is 0. The van der Waals surface area contributed by atoms with E-state index in [0.717, 1.165) is 6.66 Å². The Morgan fingerprint density at radius 3 is 1.44 bits per heavy atom. The quantitative estimate of drug-likeness (QED) is 0.279. The molecular formula is CH4Na2O4P2+2. The SMILES string of the molecule is C[P+](=O)[O-].O=[PH+][O-].[Na+].[Na+]. The Balaban J connectivity index is -0.0000000233. The molecule has 0 aromatic rings. The van der Waals surface area contributed by atoms with E-state index in [2.05, 4.69) is 0 Å². The van der Waals surface area contributed by atoms with Crippen molar-refractivity contribution in [1.82, 2.24) is 0 Å². The van der Waals surface area contributed by atoms with E-state index in [1.54, 1.807) is 0 Å². The Bertz CT molecular complexity index is 63.6. The number of rotatable bonds is 0. The molecule has 0 N–H and O–H groups in total. The molecule has 9 heavy (non-hydrogen) atoms. The van der Waals surface area contributed by atoms with Crippen molar-refractivity contribution in [2.24, 2.45) is 0 Å². The fourth-order valence-corrected chi connectivity index (χ4v) is 0. The van der Waals surface area contributed by atoms with E-state index in [-0.39, 0.29) is 59.1 Å². The van der Waals surface area contributed by atoms with Crippen LogP contribution in [-0.4, -0.2) is 6.66 Å². The zero-order chi connectivity index (χ0) is 6.28. The second kappa shape index (κ2) is 22.5. The summed E-state index contributed by atoms with van der Waals surface area (Å²) in [7, 11) is -3.54. The van der Waals surface area contributed by atoms with Gasteiger partial charge in [-0.05, 0) is 0 Å². The summed E-state index contributed by atoms with van der Waals surface area (Å²) in [6.07, 6.45) is 0. The summed E-state index contributed by atoms with van der Waals surface area (Å²) in [5.41, 5.74) is 0. The van der Waals surface area contributed by atoms with Crippen LogP contribution in [0.4, 0.5) is 0 Å². The fraction of sp³-hybridized carbons (Fsp3) is 1.00. The predicted molar refractivity (Wildman–Crippen MR) is 22.5 cm³/mol. The van der Waals surface area contributed by atoms with Crippen LogP contribution >= 0.6 is 16.7 Å². The van der Waals surface area contributed by atoms with E-state index in [1.807, 2.05) is 0 Å². The molecule has 2 unspecified atom stereocenters. The van der Waals surface area contributed by atoms with Crippen LogP contribution in [0, 0.1) is 0 Å². The van der Waals surface area contributed by atoms with E-state index in [0.29, 0.717) is 0 Å². The van der Waals surface area contributed by atoms with Gasteiger partial charge in [0.1, 0.15) is 6.66 Å². The normalized spacial score (nSPS) is 7.22. The van der Waals surface area contributed by atoms with Gasteiger partial charge in [-0.1, -0.05) is 9.13 Å². The summed E-state index contributed by atoms with van der Waals surface area (Å²) in [4.78, 5) is 17.4. The summed E-state index contributed by atoms with van der Waals surface area (Å²) in [6.45, 7) is 1.12. The molecule has 0 rings (SSSR count). The van der Waals surface area contributed by atoms with E-state index in [1.165, 1.54) is 0 Å². The zero-order valence-corrected chi connectivity index (χ0v) is 11.5. The molecule has 0 heterocycles. The fourth-order valence-electron chi connectivity index (χ4n) is 0. The molecule has 0 spiro atoms. The van der Waals surface area contributed by atoms with Gasteiger partial charge in [0.2, 0.25) is 0 Å². The first kappa shape index (κ1) is 22.5. The van der Waals surface area contributed by atoms with Crippen molar-refractivity contribution < 1.29 is 78.0 Å². The van der Waals surface area contributed by atoms with E-state index < -0.39 is 16.7 Å². The first-order chi connectivity index (χ1) is 3.15. The van der Waals surface area contributed by atoms with E-state index >= 15 is 0 Å². The van der Waals surface area contributed by atoms with Crippen LogP contribution in [0.5, 0.6) is 0 Å². The zero-order valence-electron chi connectivity index (χ0n) is 5.58. The summed E-state index contributed by atoms with van der Waals surface area (Å²) in [5, 5.41) is 0. The molecule has 0 aromatic carbocycles. The maximum atomic E-state index is 9.04. The van der Waals surface area contributed by atoms with E-state index in [9.17, 15) is 0 Å². The maximum Gasteiger partial charge on any atom is 1.00 e. The van der Waals surface area contributed by atoms with Gasteiger partial charge in [-0.25, -0.2) is 0 Å². The minimum absolute atomic E-state index is 0. The summed E-state index contributed by atoms with van der Waals surface area (Å²) in [6, 6.07) is 0. The molecule has 0 aromatic heterocycles. The van der Waals surface area contributed by atoms with Gasteiger partial charge in [0.05, 0.1) is 0 Å². The molecule has 0 amide bonds. The average Bonchev–Trinajstić information content (AvgIpc) is 1.33. The molecule has 0 saturated carbocycles. The van der Waals surface area contributed by atoms with Crippen molar-refractivity contribution >= 4 is 16.7 Å². The van der Waals surface area contributed by atoms with Crippen LogP contribution in [0.1, 0.15) is 0 Å². The third-order valence-corrected chi connectivity index (χ3v) is 0. The third kappa shape index (κ3) is 148. The smallest absolute Gasteiger partial charge is 0.597 e. The van der Waals surface area contributed by atoms with Crippen molar-refractivity contribution in [2.45, 2.75) is 0 Å². The topological polar surface area (TPSA) is 80.3 Å². The van der Waals surface area contributed by atoms with Gasteiger partial charge in [-0.15, -0.1) is 0 Å². The number of hydrogen-bond acceptors (Lipinski definition) is 4. The molecule has 0 fully saturated rings. The molecule has 0 aliphatic heterocycles. The van der Waals surface area contributed by atoms with Crippen LogP contribution in [0.15, 0.2) is 0 Å². The van der Waals surface area contributed by atoms with Gasteiger partial charge in [0, 0.05) is 0 Å². The molecule has 42 valence electrons. The van der Waals surface area contributed by atoms with E-state index in [4.69, 9.17) is 18.9 Å². The van der Waals surface area contributed by atoms with Gasteiger partial charge in [-0.2, -0.15) is 0 Å². The Kier molecular flexibility index (Phi) is 56.1. The van der Waals surface area contributed by atoms with Gasteiger partial charge in [0.15, 0.2) is 0 Å². The maximum absolute atomic E-state index is 9.04. The Morgan fingerprint density at radius 2 is 1.44 bits per heavy atom. The van der Waals surface area contributed by atoms with Crippen molar-refractivity contribution in [1.29, 1.82) is 0 Å². The monoisotopic (exact) mass is 188 g/mol. The van der Waals surface area contributed by atoms with Crippen LogP contribution in [0.2, 0.25) is 0 Å². The molecule has 4 nitrogen and oxygen atoms in total. The Hall–Kier alpha value is 2.12. The first-order valence-electron chi connectivity index (χ1n) is 1.22. The van der Waals surface area contributed by atoms with Crippen LogP contribution in [-0.2, 0) is 9.13 Å². The third-order valence-electron chi connectivity index (χ3n) is 0. The summed E-state index contributed by atoms with van der Waals surface area (Å²) < 4.78 is 17.4. The van der Waals surface area contributed by atoms with Gasteiger partial charge in [-0.3, -0.25) is 0 Å². The van der Waals surface area contributed by atoms with Gasteiger partial charge < -0.3 is 9.79 Å². The molecule has 0 aliphatic carbocycles. The predicted octanol–water partition coefficient (Wildman–Crippen LogP) is -6.99. The second-order valence-corrected chi connectivity index (χ2v) is 1.57. The van der Waals surface area contributed by atoms with Crippen molar-refractivity contribution in [3.63, 3.8) is 0 Å². The first-order valence-corrected chi connectivity index (χ1v) is 3.66. The largest absolute Gasteiger partial charge is 1.00 e. The molecular weight excluding hydrogens is 184 g/mol. The Labute approximate surface area is 100 Å². The minimum Gasteiger partial charge on any atom is -0.597 e. The van der Waals surface area contributed by atoms with Crippen LogP contribution < -0.4 is 68.9 Å². The second-order valence-electron chi connectivity index (χ2n) is 0.523. The molecule has 0 bridgehead atoms. The van der Waals surface area contributed by atoms with Gasteiger partial charge >= 0.3 is 67.1 Å². The van der Waals surface area contributed by atoms with Crippen molar-refractivity contribution in [3.8, 4) is 0 Å². The van der Waals surface area contributed by atoms with Crippen molar-refractivity contribution in [3.05, 3.63) is 0 Å². The standard InChI is InChI=1S/CH3O2P.2Na.HO2P/c1-4(2)3;;;1-3-2/h1H3;;;3H/q;2*+1;. The van der Waals surface area contributed by atoms with Crippen LogP contribution in [0.25, 0.3) is 0 Å². The summed E-state index contributed by atoms with van der Waals surface area (Å²) >= 11 is 0. The molecule has 8 heteroatoms. The number of hydrogen-bond donors (Lipinski definition) is 0. The Morgan fingerprint density at radius 1 is 1.44 bits per heavy atom. The van der Waals surface area contributed by atoms with Gasteiger partial charge in [0.25, 0.3) is 8.69 Å². The molecule has 0 radical (unpaired) electrons. The minimum atomic E-state index is -2.12. The molecule has 0 saturated heterocycles. The van der Waals surface area contributed by atoms with Crippen LogP contribution in [0.3, 0.4) is 0 Å². The molecule has 0 aliphatic rings. The van der Waals surface area contributed by atoms with Crippen molar-refractivity contribution in [2.75, 3.05) is 6.66 Å². The molecule has 2 atom stereocenters.